The minimum Gasteiger partial charge on any atom is -0.337 e. The third-order valence-corrected chi connectivity index (χ3v) is 5.38. The van der Waals surface area contributed by atoms with E-state index in [2.05, 4.69) is 40.5 Å². The molecule has 6 aromatic rings. The predicted molar refractivity (Wildman–Crippen MR) is 111 cm³/mol. The Kier molecular flexibility index (Phi) is 3.47. The van der Waals surface area contributed by atoms with Crippen LogP contribution in [-0.2, 0) is 0 Å². The van der Waals surface area contributed by atoms with Gasteiger partial charge in [0, 0.05) is 41.3 Å². The van der Waals surface area contributed by atoms with Crippen LogP contribution in [0, 0.1) is 0 Å². The van der Waals surface area contributed by atoms with Crippen molar-refractivity contribution < 1.29 is 0 Å². The standard InChI is InChI=1S/C20H12N8S/c1-3-23-16(11-2-6-29-10-11)18-14(1)25-20(26-18)17-13-7-12(8-24-19(13)28-27-17)15-9-21-4-5-22-15/h1-10H,(H,25,26)(H,24,27,28). The van der Waals surface area contributed by atoms with Gasteiger partial charge in [0.1, 0.15) is 11.2 Å². The summed E-state index contributed by atoms with van der Waals surface area (Å²) in [6.45, 7) is 0. The van der Waals surface area contributed by atoms with Crippen molar-refractivity contribution in [2.75, 3.05) is 0 Å². The molecule has 0 saturated heterocycles. The molecule has 9 heteroatoms. The molecule has 0 aliphatic heterocycles. The molecular weight excluding hydrogens is 384 g/mol. The molecule has 0 spiro atoms. The lowest BCUT2D eigenvalue weighted by Crippen LogP contribution is -1.87. The van der Waals surface area contributed by atoms with Gasteiger partial charge in [0.25, 0.3) is 0 Å². The summed E-state index contributed by atoms with van der Waals surface area (Å²) in [7, 11) is 0. The van der Waals surface area contributed by atoms with E-state index < -0.39 is 0 Å². The lowest BCUT2D eigenvalue weighted by Gasteiger charge is -1.99. The van der Waals surface area contributed by atoms with Gasteiger partial charge in [-0.25, -0.2) is 9.97 Å². The molecule has 0 radical (unpaired) electrons. The molecule has 29 heavy (non-hydrogen) atoms. The van der Waals surface area contributed by atoms with Crippen molar-refractivity contribution >= 4 is 33.4 Å². The van der Waals surface area contributed by atoms with Crippen LogP contribution in [0.25, 0.3) is 56.1 Å². The third-order valence-electron chi connectivity index (χ3n) is 4.70. The fourth-order valence-corrected chi connectivity index (χ4v) is 3.97. The molecule has 6 aromatic heterocycles. The number of fused-ring (bicyclic) bond motifs is 2. The minimum atomic E-state index is 0.615. The topological polar surface area (TPSA) is 109 Å². The molecule has 0 aliphatic carbocycles. The van der Waals surface area contributed by atoms with Crippen LogP contribution >= 0.6 is 11.3 Å². The average Bonchev–Trinajstić information content (AvgIpc) is 3.52. The summed E-state index contributed by atoms with van der Waals surface area (Å²) >= 11 is 1.64. The molecule has 0 saturated carbocycles. The van der Waals surface area contributed by atoms with Crippen LogP contribution in [0.15, 0.2) is 59.9 Å². The monoisotopic (exact) mass is 396 g/mol. The Morgan fingerprint density at radius 1 is 0.931 bits per heavy atom. The van der Waals surface area contributed by atoms with Gasteiger partial charge in [0.05, 0.1) is 28.5 Å². The van der Waals surface area contributed by atoms with E-state index in [4.69, 9.17) is 4.98 Å². The molecule has 6 heterocycles. The van der Waals surface area contributed by atoms with Crippen LogP contribution in [0.1, 0.15) is 0 Å². The molecule has 0 fully saturated rings. The average molecular weight is 396 g/mol. The smallest absolute Gasteiger partial charge is 0.181 e. The number of thiophene rings is 1. The van der Waals surface area contributed by atoms with Crippen LogP contribution in [0.2, 0.25) is 0 Å². The van der Waals surface area contributed by atoms with E-state index >= 15 is 0 Å². The maximum atomic E-state index is 4.82. The summed E-state index contributed by atoms with van der Waals surface area (Å²) in [4.78, 5) is 25.7. The van der Waals surface area contributed by atoms with Crippen molar-refractivity contribution in [3.8, 4) is 34.0 Å². The van der Waals surface area contributed by atoms with Crippen LogP contribution in [-0.4, -0.2) is 40.1 Å². The van der Waals surface area contributed by atoms with E-state index in [1.165, 1.54) is 0 Å². The Labute approximate surface area is 167 Å². The Balaban J connectivity index is 1.53. The molecule has 0 aromatic carbocycles. The van der Waals surface area contributed by atoms with Crippen LogP contribution < -0.4 is 0 Å². The second-order valence-electron chi connectivity index (χ2n) is 6.44. The van der Waals surface area contributed by atoms with Gasteiger partial charge in [-0.15, -0.1) is 0 Å². The zero-order chi connectivity index (χ0) is 19.2. The van der Waals surface area contributed by atoms with Crippen molar-refractivity contribution in [3.05, 3.63) is 59.9 Å². The number of nitrogens with zero attached hydrogens (tertiary/aromatic N) is 6. The molecule has 0 atom stereocenters. The number of rotatable bonds is 3. The summed E-state index contributed by atoms with van der Waals surface area (Å²) in [6.07, 6.45) is 8.55. The quantitative estimate of drug-likeness (QED) is 0.466. The van der Waals surface area contributed by atoms with Gasteiger partial charge in [-0.05, 0) is 23.6 Å². The van der Waals surface area contributed by atoms with Gasteiger partial charge in [0.15, 0.2) is 11.5 Å². The van der Waals surface area contributed by atoms with Gasteiger partial charge < -0.3 is 4.98 Å². The number of H-pyrrole nitrogens is 2. The summed E-state index contributed by atoms with van der Waals surface area (Å²) in [5.41, 5.74) is 6.65. The third kappa shape index (κ3) is 2.59. The number of imidazole rings is 1. The first-order valence-electron chi connectivity index (χ1n) is 8.85. The summed E-state index contributed by atoms with van der Waals surface area (Å²) < 4.78 is 0. The van der Waals surface area contributed by atoms with E-state index in [1.807, 2.05) is 23.6 Å². The highest BCUT2D eigenvalue weighted by Gasteiger charge is 2.16. The molecule has 0 unspecified atom stereocenters. The Morgan fingerprint density at radius 2 is 1.93 bits per heavy atom. The van der Waals surface area contributed by atoms with Crippen LogP contribution in [0.3, 0.4) is 0 Å². The largest absolute Gasteiger partial charge is 0.337 e. The van der Waals surface area contributed by atoms with Crippen LogP contribution in [0.5, 0.6) is 0 Å². The predicted octanol–water partition coefficient (Wildman–Crippen LogP) is 4.08. The highest BCUT2D eigenvalue weighted by atomic mass is 32.1. The minimum absolute atomic E-state index is 0.615. The Morgan fingerprint density at radius 3 is 2.79 bits per heavy atom. The number of hydrogen-bond donors (Lipinski definition) is 2. The van der Waals surface area contributed by atoms with E-state index in [-0.39, 0.29) is 0 Å². The summed E-state index contributed by atoms with van der Waals surface area (Å²) in [5, 5.41) is 12.3. The number of aromatic nitrogens is 8. The molecule has 6 rings (SSSR count). The van der Waals surface area contributed by atoms with Crippen molar-refractivity contribution in [2.45, 2.75) is 0 Å². The highest BCUT2D eigenvalue weighted by molar-refractivity contribution is 7.08. The number of pyridine rings is 2. The maximum Gasteiger partial charge on any atom is 0.181 e. The second kappa shape index (κ2) is 6.28. The normalized spacial score (nSPS) is 11.4. The van der Waals surface area contributed by atoms with E-state index in [9.17, 15) is 0 Å². The summed E-state index contributed by atoms with van der Waals surface area (Å²) in [5.74, 6) is 0.685. The van der Waals surface area contributed by atoms with Gasteiger partial charge in [-0.1, -0.05) is 0 Å². The summed E-state index contributed by atoms with van der Waals surface area (Å²) in [6, 6.07) is 5.96. The fraction of sp³-hybridized carbons (Fsp3) is 0. The van der Waals surface area contributed by atoms with Crippen molar-refractivity contribution in [3.63, 3.8) is 0 Å². The molecule has 138 valence electrons. The van der Waals surface area contributed by atoms with Gasteiger partial charge in [-0.2, -0.15) is 16.4 Å². The zero-order valence-corrected chi connectivity index (χ0v) is 15.7. The Hall–Kier alpha value is -3.98. The lowest BCUT2D eigenvalue weighted by atomic mass is 10.1. The first-order chi connectivity index (χ1) is 14.4. The number of hydrogen-bond acceptors (Lipinski definition) is 7. The molecular formula is C20H12N8S. The van der Waals surface area contributed by atoms with Crippen LogP contribution in [0.4, 0.5) is 0 Å². The molecule has 0 bridgehead atoms. The van der Waals surface area contributed by atoms with Gasteiger partial charge in [0.2, 0.25) is 0 Å². The number of aromatic amines is 2. The number of nitrogens with one attached hydrogen (secondary N) is 2. The lowest BCUT2D eigenvalue weighted by molar-refractivity contribution is 1.09. The van der Waals surface area contributed by atoms with E-state index in [0.29, 0.717) is 11.5 Å². The second-order valence-corrected chi connectivity index (χ2v) is 7.22. The van der Waals surface area contributed by atoms with Crippen molar-refractivity contribution in [2.24, 2.45) is 0 Å². The fourth-order valence-electron chi connectivity index (χ4n) is 3.33. The molecule has 2 N–H and O–H groups in total. The maximum absolute atomic E-state index is 4.82. The zero-order valence-electron chi connectivity index (χ0n) is 14.9. The van der Waals surface area contributed by atoms with Crippen molar-refractivity contribution in [1.29, 1.82) is 0 Å². The van der Waals surface area contributed by atoms with E-state index in [0.717, 1.165) is 44.6 Å². The Bertz CT molecular complexity index is 1450. The first kappa shape index (κ1) is 16.0. The molecule has 8 nitrogen and oxygen atoms in total. The van der Waals surface area contributed by atoms with Crippen molar-refractivity contribution in [1.82, 2.24) is 40.1 Å². The van der Waals surface area contributed by atoms with Gasteiger partial charge >= 0.3 is 0 Å². The first-order valence-corrected chi connectivity index (χ1v) is 9.79. The highest BCUT2D eigenvalue weighted by Crippen LogP contribution is 2.31. The van der Waals surface area contributed by atoms with E-state index in [1.54, 1.807) is 42.3 Å². The SMILES string of the molecule is c1cnc(-c2cnc3n[nH]c(-c4nc5c(-c6ccsc6)nccc5[nH]4)c3c2)cn1. The molecule has 0 aliphatic rings. The molecule has 0 amide bonds. The van der Waals surface area contributed by atoms with Gasteiger partial charge in [-0.3, -0.25) is 20.1 Å².